The van der Waals surface area contributed by atoms with E-state index in [0.29, 0.717) is 11.3 Å². The van der Waals surface area contributed by atoms with Gasteiger partial charge >= 0.3 is 0 Å². The predicted octanol–water partition coefficient (Wildman–Crippen LogP) is 3.27. The largest absolute Gasteiger partial charge is 0.280 e. The number of sulfonamides is 1. The second-order valence-corrected chi connectivity index (χ2v) is 7.05. The molecule has 0 bridgehead atoms. The van der Waals surface area contributed by atoms with Gasteiger partial charge in [0.1, 0.15) is 0 Å². The van der Waals surface area contributed by atoms with E-state index >= 15 is 0 Å². The Morgan fingerprint density at radius 2 is 1.95 bits per heavy atom. The number of halogens is 1. The zero-order valence-electron chi connectivity index (χ0n) is 10.6. The van der Waals surface area contributed by atoms with Gasteiger partial charge < -0.3 is 0 Å². The summed E-state index contributed by atoms with van der Waals surface area (Å²) in [6.45, 7) is 1.95. The van der Waals surface area contributed by atoms with Gasteiger partial charge in [-0.1, -0.05) is 12.1 Å². The normalized spacial score (nSPS) is 10.8. The van der Waals surface area contributed by atoms with Crippen LogP contribution in [0.3, 0.4) is 0 Å². The molecule has 0 heterocycles. The minimum atomic E-state index is -3.68. The highest BCUT2D eigenvalue weighted by molar-refractivity contribution is 14.1. The van der Waals surface area contributed by atoms with Crippen molar-refractivity contribution < 1.29 is 8.42 Å². The smallest absolute Gasteiger partial charge is 0.261 e. The third-order valence-electron chi connectivity index (χ3n) is 2.70. The molecule has 2 rings (SSSR count). The highest BCUT2D eigenvalue weighted by atomic mass is 127. The first kappa shape index (κ1) is 14.8. The summed E-state index contributed by atoms with van der Waals surface area (Å²) in [5.74, 6) is 0. The van der Waals surface area contributed by atoms with E-state index in [0.717, 1.165) is 9.13 Å². The molecule has 2 aromatic carbocycles. The summed E-state index contributed by atoms with van der Waals surface area (Å²) < 4.78 is 28.0. The molecule has 1 N–H and O–H groups in total. The molecule has 102 valence electrons. The number of hydrogen-bond acceptors (Lipinski definition) is 3. The van der Waals surface area contributed by atoms with E-state index in [-0.39, 0.29) is 4.90 Å². The van der Waals surface area contributed by atoms with Crippen LogP contribution in [0.25, 0.3) is 0 Å². The van der Waals surface area contributed by atoms with Crippen LogP contribution in [0.2, 0.25) is 0 Å². The molecule has 0 radical (unpaired) electrons. The highest BCUT2D eigenvalue weighted by Crippen LogP contribution is 2.21. The molecule has 0 aliphatic rings. The van der Waals surface area contributed by atoms with Crippen molar-refractivity contribution >= 4 is 38.3 Å². The van der Waals surface area contributed by atoms with Gasteiger partial charge in [0.05, 0.1) is 16.5 Å². The second kappa shape index (κ2) is 5.81. The molecule has 0 aliphatic heterocycles. The maximum absolute atomic E-state index is 12.2. The number of anilines is 1. The van der Waals surface area contributed by atoms with Crippen LogP contribution in [0.1, 0.15) is 11.1 Å². The van der Waals surface area contributed by atoms with Crippen LogP contribution < -0.4 is 4.72 Å². The minimum Gasteiger partial charge on any atom is -0.280 e. The van der Waals surface area contributed by atoms with Crippen molar-refractivity contribution in [2.45, 2.75) is 11.8 Å². The van der Waals surface area contributed by atoms with E-state index in [1.165, 1.54) is 12.1 Å². The van der Waals surface area contributed by atoms with E-state index in [1.807, 2.05) is 19.1 Å². The molecule has 0 aromatic heterocycles. The Bertz CT molecular complexity index is 795. The summed E-state index contributed by atoms with van der Waals surface area (Å²) in [7, 11) is -3.68. The molecule has 6 heteroatoms. The Morgan fingerprint density at radius 3 is 2.60 bits per heavy atom. The predicted molar refractivity (Wildman–Crippen MR) is 85.9 cm³/mol. The fourth-order valence-corrected chi connectivity index (χ4v) is 3.21. The Hall–Kier alpha value is -1.59. The number of nitrogens with one attached hydrogen (secondary N) is 1. The number of hydrogen-bond donors (Lipinski definition) is 1. The first-order valence-electron chi connectivity index (χ1n) is 5.71. The molecule has 0 fully saturated rings. The van der Waals surface area contributed by atoms with Crippen molar-refractivity contribution in [3.63, 3.8) is 0 Å². The molecule has 0 amide bonds. The number of nitrogens with zero attached hydrogens (tertiary/aromatic N) is 1. The van der Waals surface area contributed by atoms with Crippen LogP contribution in [0, 0.1) is 21.8 Å². The zero-order chi connectivity index (χ0) is 14.8. The Balaban J connectivity index is 2.35. The molecule has 0 saturated carbocycles. The fraction of sp³-hybridized carbons (Fsp3) is 0.0714. The number of aryl methyl sites for hydroxylation is 1. The monoisotopic (exact) mass is 398 g/mol. The number of benzene rings is 2. The second-order valence-electron chi connectivity index (χ2n) is 4.21. The van der Waals surface area contributed by atoms with Crippen LogP contribution in [-0.4, -0.2) is 8.42 Å². The van der Waals surface area contributed by atoms with E-state index in [4.69, 9.17) is 5.26 Å². The summed E-state index contributed by atoms with van der Waals surface area (Å²) in [5.41, 5.74) is 1.90. The Kier molecular flexibility index (Phi) is 4.30. The quantitative estimate of drug-likeness (QED) is 0.807. The molecule has 0 spiro atoms. The third kappa shape index (κ3) is 3.29. The molecule has 2 aromatic rings. The lowest BCUT2D eigenvalue weighted by molar-refractivity contribution is 0.601. The topological polar surface area (TPSA) is 70.0 Å². The van der Waals surface area contributed by atoms with Crippen molar-refractivity contribution in [2.75, 3.05) is 4.72 Å². The van der Waals surface area contributed by atoms with E-state index in [9.17, 15) is 8.42 Å². The average Bonchev–Trinajstić information content (AvgIpc) is 2.43. The van der Waals surface area contributed by atoms with Crippen LogP contribution in [0.15, 0.2) is 47.4 Å². The van der Waals surface area contributed by atoms with E-state index in [2.05, 4.69) is 27.3 Å². The maximum Gasteiger partial charge on any atom is 0.261 e. The van der Waals surface area contributed by atoms with Gasteiger partial charge in [-0.3, -0.25) is 4.72 Å². The summed E-state index contributed by atoms with van der Waals surface area (Å²) in [6, 6.07) is 13.2. The average molecular weight is 398 g/mol. The van der Waals surface area contributed by atoms with Crippen molar-refractivity contribution in [1.82, 2.24) is 0 Å². The Labute approximate surface area is 131 Å². The van der Waals surface area contributed by atoms with Gasteiger partial charge in [0.2, 0.25) is 0 Å². The summed E-state index contributed by atoms with van der Waals surface area (Å²) in [5, 5.41) is 8.82. The van der Waals surface area contributed by atoms with Crippen molar-refractivity contribution in [3.05, 3.63) is 57.2 Å². The van der Waals surface area contributed by atoms with Gasteiger partial charge in [0.15, 0.2) is 0 Å². The molecule has 20 heavy (non-hydrogen) atoms. The molecule has 0 atom stereocenters. The van der Waals surface area contributed by atoms with E-state index < -0.39 is 10.0 Å². The molecule has 0 saturated heterocycles. The SMILES string of the molecule is Cc1ccc(NS(=O)(=O)c2cccc(C#N)c2)cc1I. The lowest BCUT2D eigenvalue weighted by Gasteiger charge is -2.09. The van der Waals surface area contributed by atoms with Gasteiger partial charge in [0.25, 0.3) is 10.0 Å². The first-order chi connectivity index (χ1) is 9.42. The van der Waals surface area contributed by atoms with Gasteiger partial charge in [-0.25, -0.2) is 8.42 Å². The van der Waals surface area contributed by atoms with Gasteiger partial charge in [-0.2, -0.15) is 5.26 Å². The fourth-order valence-electron chi connectivity index (χ4n) is 1.60. The number of nitriles is 1. The van der Waals surface area contributed by atoms with Gasteiger partial charge in [-0.05, 0) is 65.4 Å². The molecular formula is C14H11IN2O2S. The molecule has 0 aliphatic carbocycles. The van der Waals surface area contributed by atoms with Crippen molar-refractivity contribution in [2.24, 2.45) is 0 Å². The van der Waals surface area contributed by atoms with E-state index in [1.54, 1.807) is 24.3 Å². The highest BCUT2D eigenvalue weighted by Gasteiger charge is 2.15. The van der Waals surface area contributed by atoms with Crippen LogP contribution in [-0.2, 0) is 10.0 Å². The van der Waals surface area contributed by atoms with Crippen LogP contribution in [0.4, 0.5) is 5.69 Å². The van der Waals surface area contributed by atoms with Crippen molar-refractivity contribution in [1.29, 1.82) is 5.26 Å². The third-order valence-corrected chi connectivity index (χ3v) is 5.24. The molecule has 0 unspecified atom stereocenters. The zero-order valence-corrected chi connectivity index (χ0v) is 13.6. The lowest BCUT2D eigenvalue weighted by Crippen LogP contribution is -2.13. The summed E-state index contributed by atoms with van der Waals surface area (Å²) in [6.07, 6.45) is 0. The standard InChI is InChI=1S/C14H11IN2O2S/c1-10-5-6-12(8-14(10)15)17-20(18,19)13-4-2-3-11(7-13)9-16/h2-8,17H,1H3. The van der Waals surface area contributed by atoms with Crippen molar-refractivity contribution in [3.8, 4) is 6.07 Å². The van der Waals surface area contributed by atoms with Crippen LogP contribution in [0.5, 0.6) is 0 Å². The van der Waals surface area contributed by atoms with Crippen LogP contribution >= 0.6 is 22.6 Å². The Morgan fingerprint density at radius 1 is 1.20 bits per heavy atom. The lowest BCUT2D eigenvalue weighted by atomic mass is 10.2. The minimum absolute atomic E-state index is 0.0760. The summed E-state index contributed by atoms with van der Waals surface area (Å²) >= 11 is 2.15. The van der Waals surface area contributed by atoms with Gasteiger partial charge in [0, 0.05) is 9.26 Å². The summed E-state index contributed by atoms with van der Waals surface area (Å²) in [4.78, 5) is 0.0760. The molecular weight excluding hydrogens is 387 g/mol. The number of rotatable bonds is 3. The maximum atomic E-state index is 12.2. The van der Waals surface area contributed by atoms with Gasteiger partial charge in [-0.15, -0.1) is 0 Å². The molecule has 4 nitrogen and oxygen atoms in total. The first-order valence-corrected chi connectivity index (χ1v) is 8.28.